The van der Waals surface area contributed by atoms with Crippen LogP contribution >= 0.6 is 0 Å². The predicted octanol–water partition coefficient (Wildman–Crippen LogP) is 2.60. The molecule has 2 N–H and O–H groups in total. The molecule has 9 heteroatoms. The van der Waals surface area contributed by atoms with E-state index in [0.29, 0.717) is 24.5 Å². The summed E-state index contributed by atoms with van der Waals surface area (Å²) in [5.41, 5.74) is 1.06. The third-order valence-electron chi connectivity index (χ3n) is 5.18. The molecule has 1 aliphatic rings. The second-order valence-corrected chi connectivity index (χ2v) is 9.54. The number of anilines is 1. The lowest BCUT2D eigenvalue weighted by Crippen LogP contribution is -2.47. The average Bonchev–Trinajstić information content (AvgIpc) is 3.07. The molecule has 1 atom stereocenters. The van der Waals surface area contributed by atoms with Crippen molar-refractivity contribution in [3.63, 3.8) is 0 Å². The van der Waals surface area contributed by atoms with E-state index in [2.05, 4.69) is 14.9 Å². The second-order valence-electron chi connectivity index (χ2n) is 7.79. The van der Waals surface area contributed by atoms with Crippen molar-refractivity contribution in [2.75, 3.05) is 24.1 Å². The van der Waals surface area contributed by atoms with E-state index in [9.17, 15) is 17.6 Å². The summed E-state index contributed by atoms with van der Waals surface area (Å²) in [7, 11) is -3.42. The van der Waals surface area contributed by atoms with E-state index in [1.54, 1.807) is 17.0 Å². The molecule has 0 saturated carbocycles. The van der Waals surface area contributed by atoms with Gasteiger partial charge in [0.05, 0.1) is 29.2 Å². The zero-order valence-corrected chi connectivity index (χ0v) is 17.0. The number of likely N-dealkylation sites (tertiary alicyclic amines) is 1. The Morgan fingerprint density at radius 3 is 2.64 bits per heavy atom. The Bertz CT molecular complexity index is 954. The van der Waals surface area contributed by atoms with Crippen molar-refractivity contribution in [3.8, 4) is 0 Å². The molecule has 1 aromatic heterocycles. The van der Waals surface area contributed by atoms with E-state index >= 15 is 0 Å². The smallest absolute Gasteiger partial charge is 0.232 e. The highest BCUT2D eigenvalue weighted by Gasteiger charge is 2.37. The summed E-state index contributed by atoms with van der Waals surface area (Å²) in [6.45, 7) is 4.76. The molecule has 1 aliphatic heterocycles. The molecule has 0 bridgehead atoms. The summed E-state index contributed by atoms with van der Waals surface area (Å²) in [6, 6.07) is 5.99. The second kappa shape index (κ2) is 7.54. The number of aromatic nitrogens is 2. The number of rotatable bonds is 5. The van der Waals surface area contributed by atoms with Crippen LogP contribution in [0.15, 0.2) is 30.5 Å². The van der Waals surface area contributed by atoms with Crippen molar-refractivity contribution in [2.24, 2.45) is 0 Å². The van der Waals surface area contributed by atoms with Gasteiger partial charge in [-0.1, -0.05) is 12.1 Å². The number of aromatic amines is 1. The highest BCUT2D eigenvalue weighted by Crippen LogP contribution is 2.33. The Morgan fingerprint density at radius 1 is 1.32 bits per heavy atom. The van der Waals surface area contributed by atoms with E-state index in [4.69, 9.17) is 0 Å². The van der Waals surface area contributed by atoms with Gasteiger partial charge in [0, 0.05) is 19.0 Å². The SMILES string of the molecule is CC(C)(C(=O)N1CCCC(c2[nH]ncc2NS(C)(=O)=O)C1)c1ccc(F)cc1. The number of hydrogen-bond acceptors (Lipinski definition) is 4. The number of carbonyl (C=O) groups excluding carboxylic acids is 1. The van der Waals surface area contributed by atoms with E-state index < -0.39 is 15.4 Å². The van der Waals surface area contributed by atoms with Gasteiger partial charge in [-0.3, -0.25) is 14.6 Å². The van der Waals surface area contributed by atoms with Crippen molar-refractivity contribution in [1.82, 2.24) is 15.1 Å². The number of H-pyrrole nitrogens is 1. The molecule has 2 aromatic rings. The van der Waals surface area contributed by atoms with Crippen molar-refractivity contribution in [2.45, 2.75) is 38.0 Å². The molecular formula is C19H25FN4O3S. The number of benzene rings is 1. The first-order valence-corrected chi connectivity index (χ1v) is 11.0. The van der Waals surface area contributed by atoms with Crippen LogP contribution in [0.5, 0.6) is 0 Å². The molecule has 7 nitrogen and oxygen atoms in total. The van der Waals surface area contributed by atoms with Gasteiger partial charge in [-0.25, -0.2) is 12.8 Å². The zero-order chi connectivity index (χ0) is 20.5. The number of nitrogens with zero attached hydrogens (tertiary/aromatic N) is 2. The van der Waals surface area contributed by atoms with Crippen LogP contribution in [0.2, 0.25) is 0 Å². The number of nitrogens with one attached hydrogen (secondary N) is 2. The zero-order valence-electron chi connectivity index (χ0n) is 16.2. The van der Waals surface area contributed by atoms with Crippen LogP contribution < -0.4 is 4.72 Å². The van der Waals surface area contributed by atoms with Gasteiger partial charge in [0.25, 0.3) is 0 Å². The Morgan fingerprint density at radius 2 is 2.00 bits per heavy atom. The van der Waals surface area contributed by atoms with Gasteiger partial charge in [0.2, 0.25) is 15.9 Å². The molecular weight excluding hydrogens is 383 g/mol. The highest BCUT2D eigenvalue weighted by molar-refractivity contribution is 7.92. The minimum atomic E-state index is -3.42. The highest BCUT2D eigenvalue weighted by atomic mass is 32.2. The largest absolute Gasteiger partial charge is 0.341 e. The molecule has 1 saturated heterocycles. The third kappa shape index (κ3) is 4.35. The monoisotopic (exact) mass is 408 g/mol. The molecule has 3 rings (SSSR count). The van der Waals surface area contributed by atoms with Crippen LogP contribution in [-0.4, -0.2) is 48.8 Å². The van der Waals surface area contributed by atoms with Crippen LogP contribution in [0.4, 0.5) is 10.1 Å². The fourth-order valence-corrected chi connectivity index (χ4v) is 4.23. The minimum absolute atomic E-state index is 0.0408. The Hall–Kier alpha value is -2.42. The summed E-state index contributed by atoms with van der Waals surface area (Å²) >= 11 is 0. The Labute approximate surface area is 164 Å². The maximum absolute atomic E-state index is 13.2. The third-order valence-corrected chi connectivity index (χ3v) is 5.77. The summed E-state index contributed by atoms with van der Waals surface area (Å²) < 4.78 is 38.9. The van der Waals surface area contributed by atoms with Crippen molar-refractivity contribution in [1.29, 1.82) is 0 Å². The lowest BCUT2D eigenvalue weighted by Gasteiger charge is -2.37. The van der Waals surface area contributed by atoms with Crippen LogP contribution in [0.25, 0.3) is 0 Å². The van der Waals surface area contributed by atoms with Gasteiger partial charge in [-0.2, -0.15) is 5.10 Å². The molecule has 28 heavy (non-hydrogen) atoms. The number of amides is 1. The van der Waals surface area contributed by atoms with Gasteiger partial charge in [0.15, 0.2) is 0 Å². The van der Waals surface area contributed by atoms with E-state index in [0.717, 1.165) is 24.7 Å². The molecule has 0 spiro atoms. The van der Waals surface area contributed by atoms with Crippen molar-refractivity contribution < 1.29 is 17.6 Å². The average molecular weight is 408 g/mol. The molecule has 1 aromatic carbocycles. The molecule has 0 radical (unpaired) electrons. The first-order chi connectivity index (χ1) is 13.1. The minimum Gasteiger partial charge on any atom is -0.341 e. The molecule has 0 aliphatic carbocycles. The number of halogens is 1. The maximum Gasteiger partial charge on any atom is 0.232 e. The van der Waals surface area contributed by atoms with Crippen LogP contribution in [0, 0.1) is 5.82 Å². The van der Waals surface area contributed by atoms with E-state index in [1.807, 2.05) is 13.8 Å². The van der Waals surface area contributed by atoms with Gasteiger partial charge < -0.3 is 4.90 Å². The van der Waals surface area contributed by atoms with Crippen molar-refractivity contribution in [3.05, 3.63) is 47.5 Å². The lowest BCUT2D eigenvalue weighted by atomic mass is 9.82. The summed E-state index contributed by atoms with van der Waals surface area (Å²) in [5, 5.41) is 6.84. The first-order valence-electron chi connectivity index (χ1n) is 9.14. The summed E-state index contributed by atoms with van der Waals surface area (Å²) in [4.78, 5) is 15.0. The van der Waals surface area contributed by atoms with E-state index in [-0.39, 0.29) is 17.6 Å². The summed E-state index contributed by atoms with van der Waals surface area (Å²) in [6.07, 6.45) is 4.15. The standard InChI is InChI=1S/C19H25FN4O3S/c1-19(2,14-6-8-15(20)9-7-14)18(25)24-10-4-5-13(12-24)17-16(11-21-22-17)23-28(3,26)27/h6-9,11,13,23H,4-5,10,12H2,1-3H3,(H,21,22). The van der Waals surface area contributed by atoms with Gasteiger partial charge in [-0.15, -0.1) is 0 Å². The fourth-order valence-electron chi connectivity index (χ4n) is 3.67. The normalized spacial score (nSPS) is 18.1. The number of piperidine rings is 1. The first kappa shape index (κ1) is 20.3. The number of carbonyl (C=O) groups is 1. The molecule has 1 amide bonds. The number of hydrogen-bond donors (Lipinski definition) is 2. The summed E-state index contributed by atoms with van der Waals surface area (Å²) in [5.74, 6) is -0.426. The Balaban J connectivity index is 1.79. The van der Waals surface area contributed by atoms with Crippen molar-refractivity contribution >= 4 is 21.6 Å². The van der Waals surface area contributed by atoms with Crippen LogP contribution in [0.1, 0.15) is 43.9 Å². The van der Waals surface area contributed by atoms with Gasteiger partial charge >= 0.3 is 0 Å². The molecule has 1 fully saturated rings. The molecule has 152 valence electrons. The van der Waals surface area contributed by atoms with Crippen LogP contribution in [0.3, 0.4) is 0 Å². The maximum atomic E-state index is 13.2. The molecule has 2 heterocycles. The van der Waals surface area contributed by atoms with Gasteiger partial charge in [-0.05, 0) is 44.4 Å². The molecule has 1 unspecified atom stereocenters. The fraction of sp³-hybridized carbons (Fsp3) is 0.474. The quantitative estimate of drug-likeness (QED) is 0.795. The number of sulfonamides is 1. The van der Waals surface area contributed by atoms with Gasteiger partial charge in [0.1, 0.15) is 5.82 Å². The van der Waals surface area contributed by atoms with Crippen LogP contribution in [-0.2, 0) is 20.2 Å². The Kier molecular flexibility index (Phi) is 5.47. The lowest BCUT2D eigenvalue weighted by molar-refractivity contribution is -0.137. The van der Waals surface area contributed by atoms with E-state index in [1.165, 1.54) is 18.3 Å². The predicted molar refractivity (Wildman–Crippen MR) is 105 cm³/mol. The topological polar surface area (TPSA) is 95.2 Å².